The number of rotatable bonds is 4. The maximum atomic E-state index is 14.1. The Morgan fingerprint density at radius 2 is 1.08 bits per heavy atom. The number of hydrogen-bond acceptors (Lipinski definition) is 6. The standard InChI is InChI=1S/C46H26N2O4S/c49-53(50)40-23-20-31(30-19-21-38-34(24-30)32-14-7-8-16-37(32)51-38)26-36(40)42-33(15-9-17-41(42)53)46-47-43(28-12-5-2-6-13-28)45-44(48-46)35-25-29(18-22-39(35)52-45)27-10-3-1-4-11-27/h1-26H. The molecule has 0 amide bonds. The molecule has 0 radical (unpaired) electrons. The van der Waals surface area contributed by atoms with E-state index in [-0.39, 0.29) is 9.79 Å². The van der Waals surface area contributed by atoms with Gasteiger partial charge < -0.3 is 8.83 Å². The third kappa shape index (κ3) is 4.47. The van der Waals surface area contributed by atoms with Crippen molar-refractivity contribution in [3.05, 3.63) is 158 Å². The highest BCUT2D eigenvalue weighted by atomic mass is 32.2. The van der Waals surface area contributed by atoms with E-state index in [0.29, 0.717) is 44.9 Å². The van der Waals surface area contributed by atoms with Crippen molar-refractivity contribution >= 4 is 53.8 Å². The zero-order valence-corrected chi connectivity index (χ0v) is 28.8. The van der Waals surface area contributed by atoms with Gasteiger partial charge in [0.05, 0.1) is 9.79 Å². The smallest absolute Gasteiger partial charge is 0.207 e. The Labute approximate surface area is 303 Å². The SMILES string of the molecule is O=S1(=O)c2ccc(-c3ccc4oc5ccccc5c4c3)cc2-c2c(-c3nc(-c4ccccc4)c4oc5ccc(-c6ccccc6)cc5c4n3)cccc21. The van der Waals surface area contributed by atoms with Crippen LogP contribution in [0.4, 0.5) is 0 Å². The first-order valence-corrected chi connectivity index (χ1v) is 18.8. The summed E-state index contributed by atoms with van der Waals surface area (Å²) in [6.45, 7) is 0. The molecule has 0 bridgehead atoms. The molecule has 0 saturated carbocycles. The minimum Gasteiger partial charge on any atom is -0.456 e. The first kappa shape index (κ1) is 29.9. The second-order valence-electron chi connectivity index (χ2n) is 13.3. The van der Waals surface area contributed by atoms with Crippen molar-refractivity contribution < 1.29 is 17.3 Å². The van der Waals surface area contributed by atoms with Crippen LogP contribution in [-0.2, 0) is 9.84 Å². The van der Waals surface area contributed by atoms with E-state index >= 15 is 0 Å². The maximum absolute atomic E-state index is 14.1. The maximum Gasteiger partial charge on any atom is 0.207 e. The van der Waals surface area contributed by atoms with Gasteiger partial charge in [-0.2, -0.15) is 0 Å². The molecule has 0 aliphatic carbocycles. The van der Waals surface area contributed by atoms with Crippen LogP contribution in [-0.4, -0.2) is 18.4 Å². The molecule has 7 heteroatoms. The highest BCUT2D eigenvalue weighted by Crippen LogP contribution is 2.49. The van der Waals surface area contributed by atoms with Crippen LogP contribution in [0.3, 0.4) is 0 Å². The van der Waals surface area contributed by atoms with Crippen molar-refractivity contribution in [2.24, 2.45) is 0 Å². The van der Waals surface area contributed by atoms with E-state index < -0.39 is 9.84 Å². The van der Waals surface area contributed by atoms with E-state index in [1.165, 1.54) is 0 Å². The number of benzene rings is 7. The monoisotopic (exact) mass is 702 g/mol. The zero-order chi connectivity index (χ0) is 35.3. The van der Waals surface area contributed by atoms with Gasteiger partial charge in [0.1, 0.15) is 28.0 Å². The van der Waals surface area contributed by atoms with Crippen LogP contribution in [0.2, 0.25) is 0 Å². The summed E-state index contributed by atoms with van der Waals surface area (Å²) in [5, 5.41) is 2.89. The highest BCUT2D eigenvalue weighted by molar-refractivity contribution is 7.92. The minimum atomic E-state index is -3.80. The summed E-state index contributed by atoms with van der Waals surface area (Å²) < 4.78 is 40.8. The molecule has 1 aliphatic rings. The molecule has 6 nitrogen and oxygen atoms in total. The molecule has 0 spiro atoms. The number of hydrogen-bond donors (Lipinski definition) is 0. The summed E-state index contributed by atoms with van der Waals surface area (Å²) in [5.74, 6) is 0.417. The number of fused-ring (bicyclic) bond motifs is 9. The predicted octanol–water partition coefficient (Wildman–Crippen LogP) is 11.8. The average Bonchev–Trinajstić information content (AvgIpc) is 3.85. The Bertz CT molecular complexity index is 3240. The van der Waals surface area contributed by atoms with Gasteiger partial charge in [-0.15, -0.1) is 0 Å². The lowest BCUT2D eigenvalue weighted by molar-refractivity contribution is 0.598. The normalized spacial score (nSPS) is 13.2. The summed E-state index contributed by atoms with van der Waals surface area (Å²) in [7, 11) is -3.80. The number of furan rings is 2. The average molecular weight is 703 g/mol. The van der Waals surface area contributed by atoms with Crippen molar-refractivity contribution in [3.8, 4) is 56.0 Å². The Balaban J connectivity index is 1.14. The molecule has 53 heavy (non-hydrogen) atoms. The van der Waals surface area contributed by atoms with Gasteiger partial charge in [-0.3, -0.25) is 0 Å². The Morgan fingerprint density at radius 1 is 0.434 bits per heavy atom. The van der Waals surface area contributed by atoms with Crippen LogP contribution in [0.5, 0.6) is 0 Å². The van der Waals surface area contributed by atoms with E-state index in [9.17, 15) is 8.42 Å². The fourth-order valence-electron chi connectivity index (χ4n) is 7.75. The molecule has 1 aliphatic heterocycles. The predicted molar refractivity (Wildman–Crippen MR) is 209 cm³/mol. The van der Waals surface area contributed by atoms with Gasteiger partial charge in [-0.05, 0) is 70.8 Å². The van der Waals surface area contributed by atoms with E-state index in [2.05, 4.69) is 30.3 Å². The molecule has 10 aromatic rings. The first-order chi connectivity index (χ1) is 26.0. The quantitative estimate of drug-likeness (QED) is 0.181. The van der Waals surface area contributed by atoms with Crippen LogP contribution >= 0.6 is 0 Å². The lowest BCUT2D eigenvalue weighted by Crippen LogP contribution is -1.98. The molecule has 0 unspecified atom stereocenters. The fraction of sp³-hybridized carbons (Fsp3) is 0. The third-order valence-corrected chi connectivity index (χ3v) is 12.1. The largest absolute Gasteiger partial charge is 0.456 e. The van der Waals surface area contributed by atoms with E-state index in [0.717, 1.165) is 55.1 Å². The number of para-hydroxylation sites is 1. The lowest BCUT2D eigenvalue weighted by atomic mass is 9.95. The van der Waals surface area contributed by atoms with E-state index in [1.54, 1.807) is 18.2 Å². The molecular formula is C46H26N2O4S. The van der Waals surface area contributed by atoms with Crippen molar-refractivity contribution in [3.63, 3.8) is 0 Å². The molecule has 4 heterocycles. The Morgan fingerprint density at radius 3 is 1.89 bits per heavy atom. The highest BCUT2D eigenvalue weighted by Gasteiger charge is 2.36. The molecule has 7 aromatic carbocycles. The molecular weight excluding hydrogens is 677 g/mol. The van der Waals surface area contributed by atoms with Gasteiger partial charge in [0, 0.05) is 38.4 Å². The van der Waals surface area contributed by atoms with Crippen LogP contribution in [0.15, 0.2) is 176 Å². The summed E-state index contributed by atoms with van der Waals surface area (Å²) in [4.78, 5) is 10.8. The fourth-order valence-corrected chi connectivity index (χ4v) is 9.43. The van der Waals surface area contributed by atoms with Gasteiger partial charge >= 0.3 is 0 Å². The van der Waals surface area contributed by atoms with Crippen molar-refractivity contribution in [1.82, 2.24) is 9.97 Å². The first-order valence-electron chi connectivity index (χ1n) is 17.3. The topological polar surface area (TPSA) is 86.2 Å². The van der Waals surface area contributed by atoms with Crippen molar-refractivity contribution in [2.45, 2.75) is 9.79 Å². The van der Waals surface area contributed by atoms with E-state index in [4.69, 9.17) is 18.8 Å². The molecule has 11 rings (SSSR count). The van der Waals surface area contributed by atoms with Gasteiger partial charge in [0.2, 0.25) is 9.84 Å². The molecule has 3 aromatic heterocycles. The van der Waals surface area contributed by atoms with Crippen molar-refractivity contribution in [2.75, 3.05) is 0 Å². The minimum absolute atomic E-state index is 0.242. The van der Waals surface area contributed by atoms with Gasteiger partial charge in [0.15, 0.2) is 11.4 Å². The molecule has 0 fully saturated rings. The van der Waals surface area contributed by atoms with Gasteiger partial charge in [-0.25, -0.2) is 18.4 Å². The summed E-state index contributed by atoms with van der Waals surface area (Å²) in [6, 6.07) is 51.2. The molecule has 0 N–H and O–H groups in total. The van der Waals surface area contributed by atoms with Gasteiger partial charge in [-0.1, -0.05) is 109 Å². The summed E-state index contributed by atoms with van der Waals surface area (Å²) >= 11 is 0. The second kappa shape index (κ2) is 11.1. The summed E-state index contributed by atoms with van der Waals surface area (Å²) in [5.41, 5.74) is 10.9. The van der Waals surface area contributed by atoms with Crippen LogP contribution in [0.1, 0.15) is 0 Å². The number of sulfone groups is 1. The van der Waals surface area contributed by atoms with Crippen molar-refractivity contribution in [1.29, 1.82) is 0 Å². The van der Waals surface area contributed by atoms with E-state index in [1.807, 2.05) is 109 Å². The summed E-state index contributed by atoms with van der Waals surface area (Å²) in [6.07, 6.45) is 0. The van der Waals surface area contributed by atoms with Gasteiger partial charge in [0.25, 0.3) is 0 Å². The Kier molecular flexibility index (Phi) is 6.24. The zero-order valence-electron chi connectivity index (χ0n) is 27.9. The van der Waals surface area contributed by atoms with Crippen LogP contribution in [0, 0.1) is 0 Å². The molecule has 250 valence electrons. The Hall–Kier alpha value is -6.83. The molecule has 0 atom stereocenters. The third-order valence-electron chi connectivity index (χ3n) is 10.3. The van der Waals surface area contributed by atoms with Crippen LogP contribution < -0.4 is 0 Å². The second-order valence-corrected chi connectivity index (χ2v) is 15.2. The lowest BCUT2D eigenvalue weighted by Gasteiger charge is -2.11. The number of aromatic nitrogens is 2. The number of nitrogens with zero attached hydrogens (tertiary/aromatic N) is 2. The molecule has 0 saturated heterocycles. The van der Waals surface area contributed by atoms with Crippen LogP contribution in [0.25, 0.3) is 100 Å².